The summed E-state index contributed by atoms with van der Waals surface area (Å²) in [6.45, 7) is 7.72. The van der Waals surface area contributed by atoms with E-state index in [2.05, 4.69) is 0 Å². The molecule has 142 valence electrons. The van der Waals surface area contributed by atoms with Crippen LogP contribution in [0, 0.1) is 17.0 Å². The molecule has 0 spiro atoms. The van der Waals surface area contributed by atoms with Crippen LogP contribution in [0.5, 0.6) is 0 Å². The van der Waals surface area contributed by atoms with Gasteiger partial charge in [-0.25, -0.2) is 13.6 Å². The van der Waals surface area contributed by atoms with Crippen molar-refractivity contribution in [3.8, 4) is 0 Å². The van der Waals surface area contributed by atoms with Gasteiger partial charge in [0.1, 0.15) is 11.6 Å². The minimum absolute atomic E-state index is 0.00625. The highest BCUT2D eigenvalue weighted by Gasteiger charge is 2.51. The van der Waals surface area contributed by atoms with E-state index in [9.17, 15) is 18.7 Å². The summed E-state index contributed by atoms with van der Waals surface area (Å²) in [7, 11) is 0. The number of halogens is 2. The number of carboxylic acid groups (broad SMARTS) is 1. The number of nitrogens with zero attached hydrogens (tertiary/aromatic N) is 1. The standard InChI is InChI=1S/C22H23F2NO2/c1-21(2,3)19-17(16-12-15(23)10-11-18(16)24)13-25(20(26)27)22(19,4)14-8-6-5-7-9-14/h5-12H,13H2,1-4H3,(H,26,27)/t22-/m0/s1. The first kappa shape index (κ1) is 19.1. The Hall–Kier alpha value is -2.69. The molecule has 0 fully saturated rings. The van der Waals surface area contributed by atoms with Gasteiger partial charge in [-0.2, -0.15) is 0 Å². The van der Waals surface area contributed by atoms with Gasteiger partial charge in [0.2, 0.25) is 0 Å². The molecule has 3 nitrogen and oxygen atoms in total. The molecule has 1 aliphatic rings. The lowest BCUT2D eigenvalue weighted by Gasteiger charge is -2.41. The maximum atomic E-state index is 14.6. The van der Waals surface area contributed by atoms with E-state index in [1.54, 1.807) is 0 Å². The summed E-state index contributed by atoms with van der Waals surface area (Å²) >= 11 is 0. The van der Waals surface area contributed by atoms with Gasteiger partial charge in [0.15, 0.2) is 0 Å². The minimum Gasteiger partial charge on any atom is -0.465 e. The van der Waals surface area contributed by atoms with Crippen LogP contribution in [0.3, 0.4) is 0 Å². The van der Waals surface area contributed by atoms with Gasteiger partial charge in [-0.3, -0.25) is 4.90 Å². The van der Waals surface area contributed by atoms with Crippen molar-refractivity contribution >= 4 is 11.7 Å². The van der Waals surface area contributed by atoms with Crippen molar-refractivity contribution in [3.63, 3.8) is 0 Å². The zero-order chi connectivity index (χ0) is 20.0. The maximum absolute atomic E-state index is 14.6. The van der Waals surface area contributed by atoms with Gasteiger partial charge in [0.05, 0.1) is 12.1 Å². The van der Waals surface area contributed by atoms with Crippen LogP contribution in [0.4, 0.5) is 13.6 Å². The number of benzene rings is 2. The Morgan fingerprint density at radius 3 is 2.30 bits per heavy atom. The van der Waals surface area contributed by atoms with Crippen molar-refractivity contribution in [2.45, 2.75) is 33.2 Å². The lowest BCUT2D eigenvalue weighted by atomic mass is 9.70. The zero-order valence-electron chi connectivity index (χ0n) is 15.9. The summed E-state index contributed by atoms with van der Waals surface area (Å²) in [4.78, 5) is 13.4. The molecule has 5 heteroatoms. The molecule has 0 aliphatic carbocycles. The predicted octanol–water partition coefficient (Wildman–Crippen LogP) is 5.67. The van der Waals surface area contributed by atoms with E-state index >= 15 is 0 Å². The third kappa shape index (κ3) is 3.11. The van der Waals surface area contributed by atoms with Crippen LogP contribution in [-0.2, 0) is 5.54 Å². The zero-order valence-corrected chi connectivity index (χ0v) is 15.9. The minimum atomic E-state index is -1.10. The lowest BCUT2D eigenvalue weighted by Crippen LogP contribution is -2.46. The summed E-state index contributed by atoms with van der Waals surface area (Å²) in [5.41, 5.74) is 0.749. The molecule has 2 aromatic rings. The largest absolute Gasteiger partial charge is 0.465 e. The van der Waals surface area contributed by atoms with E-state index in [-0.39, 0.29) is 12.1 Å². The first-order valence-corrected chi connectivity index (χ1v) is 8.82. The van der Waals surface area contributed by atoms with Crippen molar-refractivity contribution in [1.82, 2.24) is 4.90 Å². The second-order valence-electron chi connectivity index (χ2n) is 8.03. The molecule has 0 bridgehead atoms. The molecule has 0 radical (unpaired) electrons. The summed E-state index contributed by atoms with van der Waals surface area (Å²) in [5, 5.41) is 9.91. The van der Waals surface area contributed by atoms with Crippen LogP contribution in [0.15, 0.2) is 54.1 Å². The Labute approximate surface area is 157 Å². The van der Waals surface area contributed by atoms with E-state index in [0.29, 0.717) is 5.57 Å². The second kappa shape index (κ2) is 6.48. The lowest BCUT2D eigenvalue weighted by molar-refractivity contribution is 0.110. The topological polar surface area (TPSA) is 40.5 Å². The maximum Gasteiger partial charge on any atom is 0.408 e. The fraction of sp³-hybridized carbons (Fsp3) is 0.318. The van der Waals surface area contributed by atoms with Crippen LogP contribution in [0.25, 0.3) is 5.57 Å². The normalized spacial score (nSPS) is 20.3. The summed E-state index contributed by atoms with van der Waals surface area (Å²) in [6, 6.07) is 12.6. The highest BCUT2D eigenvalue weighted by molar-refractivity contribution is 5.83. The van der Waals surface area contributed by atoms with Crippen molar-refractivity contribution < 1.29 is 18.7 Å². The SMILES string of the molecule is CC(C)(C)C1=C(c2cc(F)ccc2F)CN(C(=O)O)[C@@]1(C)c1ccccc1. The van der Waals surface area contributed by atoms with Crippen LogP contribution < -0.4 is 0 Å². The molecule has 0 saturated heterocycles. The highest BCUT2D eigenvalue weighted by atomic mass is 19.1. The molecule has 1 amide bonds. The Bertz CT molecular complexity index is 916. The number of hydrogen-bond acceptors (Lipinski definition) is 1. The Morgan fingerprint density at radius 2 is 1.74 bits per heavy atom. The van der Waals surface area contributed by atoms with E-state index in [1.807, 2.05) is 58.0 Å². The Morgan fingerprint density at radius 1 is 1.11 bits per heavy atom. The first-order valence-electron chi connectivity index (χ1n) is 8.82. The van der Waals surface area contributed by atoms with E-state index in [4.69, 9.17) is 0 Å². The Balaban J connectivity index is 2.37. The highest BCUT2D eigenvalue weighted by Crippen LogP contribution is 2.53. The molecule has 0 unspecified atom stereocenters. The van der Waals surface area contributed by atoms with E-state index in [1.165, 1.54) is 4.90 Å². The predicted molar refractivity (Wildman–Crippen MR) is 101 cm³/mol. The fourth-order valence-corrected chi connectivity index (χ4v) is 4.28. The van der Waals surface area contributed by atoms with Gasteiger partial charge in [-0.1, -0.05) is 51.1 Å². The van der Waals surface area contributed by atoms with Crippen molar-refractivity contribution in [3.05, 3.63) is 76.9 Å². The third-order valence-corrected chi connectivity index (χ3v) is 5.21. The molecule has 0 aromatic heterocycles. The fourth-order valence-electron chi connectivity index (χ4n) is 4.28. The summed E-state index contributed by atoms with van der Waals surface area (Å²) in [6.07, 6.45) is -1.10. The van der Waals surface area contributed by atoms with Crippen molar-refractivity contribution in [2.24, 2.45) is 5.41 Å². The van der Waals surface area contributed by atoms with Crippen LogP contribution >= 0.6 is 0 Å². The molecule has 2 aromatic carbocycles. The van der Waals surface area contributed by atoms with Gasteiger partial charge in [0, 0.05) is 5.56 Å². The number of hydrogen-bond donors (Lipinski definition) is 1. The average Bonchev–Trinajstić information content (AvgIpc) is 2.92. The van der Waals surface area contributed by atoms with E-state index < -0.39 is 28.7 Å². The van der Waals surface area contributed by atoms with Crippen molar-refractivity contribution in [1.29, 1.82) is 0 Å². The van der Waals surface area contributed by atoms with Gasteiger partial charge in [-0.15, -0.1) is 0 Å². The van der Waals surface area contributed by atoms with Gasteiger partial charge < -0.3 is 5.11 Å². The van der Waals surface area contributed by atoms with Crippen molar-refractivity contribution in [2.75, 3.05) is 6.54 Å². The number of amides is 1. The van der Waals surface area contributed by atoms with Crippen LogP contribution in [-0.4, -0.2) is 22.6 Å². The van der Waals surface area contributed by atoms with Gasteiger partial charge >= 0.3 is 6.09 Å². The molecule has 3 rings (SSSR count). The second-order valence-corrected chi connectivity index (χ2v) is 8.03. The van der Waals surface area contributed by atoms with E-state index in [0.717, 1.165) is 29.3 Å². The van der Waals surface area contributed by atoms with Gasteiger partial charge in [0.25, 0.3) is 0 Å². The molecule has 1 aliphatic heterocycles. The molecule has 0 saturated carbocycles. The number of rotatable bonds is 2. The molecule has 1 N–H and O–H groups in total. The quantitative estimate of drug-likeness (QED) is 0.738. The monoisotopic (exact) mass is 371 g/mol. The van der Waals surface area contributed by atoms with Gasteiger partial charge in [-0.05, 0) is 47.2 Å². The molecule has 1 atom stereocenters. The smallest absolute Gasteiger partial charge is 0.408 e. The third-order valence-electron chi connectivity index (χ3n) is 5.21. The average molecular weight is 371 g/mol. The first-order chi connectivity index (χ1) is 12.6. The molecule has 27 heavy (non-hydrogen) atoms. The summed E-state index contributed by atoms with van der Waals surface area (Å²) in [5.74, 6) is -1.11. The molecular formula is C22H23F2NO2. The Kier molecular flexibility index (Phi) is 4.58. The molecule has 1 heterocycles. The molecular weight excluding hydrogens is 348 g/mol. The van der Waals surface area contributed by atoms with Crippen LogP contribution in [0.2, 0.25) is 0 Å². The van der Waals surface area contributed by atoms with Crippen LogP contribution in [0.1, 0.15) is 38.8 Å². The summed E-state index contributed by atoms with van der Waals surface area (Å²) < 4.78 is 28.5. The number of carbonyl (C=O) groups is 1.